The van der Waals surface area contributed by atoms with Gasteiger partial charge < -0.3 is 45.2 Å². The standard InChI is InChI=1S/C52H72N10O5S/c1-36-38-13-11-21-62(46(38)60-59-45(36)58-48-56-41-14-7-8-15-42(41)68-48)43-17-16-39(44(57-43)47(64)54-18-25-66-28-27-65-24-12-23-63)40(29-53)37(2)55-35-51(6)32-50(5)30-49(3,4)31-52(33-50,34-51)67-26-22-61-19-9-10-20-61/h7-8,14-17,23,29H,9-13,18-22,24-28,30-35,53H2,1-6H3,(H,54,64)(H,56,58,59)/b40-29+,55-37?. The van der Waals surface area contributed by atoms with Gasteiger partial charge in [0, 0.05) is 66.8 Å². The van der Waals surface area contributed by atoms with Crippen molar-refractivity contribution in [2.75, 3.05) is 82.5 Å². The van der Waals surface area contributed by atoms with Gasteiger partial charge in [-0.05, 0) is 125 Å². The van der Waals surface area contributed by atoms with Crippen LogP contribution in [0.4, 0.5) is 22.6 Å². The maximum Gasteiger partial charge on any atom is 0.270 e. The number of nitrogens with zero attached hydrogens (tertiary/aromatic N) is 7. The maximum absolute atomic E-state index is 14.3. The third-order valence-corrected chi connectivity index (χ3v) is 15.1. The third-order valence-electron chi connectivity index (χ3n) is 14.2. The zero-order valence-electron chi connectivity index (χ0n) is 41.1. The third kappa shape index (κ3) is 11.8. The molecule has 8 rings (SSSR count). The number of aldehydes is 1. The number of amides is 1. The van der Waals surface area contributed by atoms with E-state index in [1.165, 1.54) is 25.9 Å². The molecule has 1 aromatic carbocycles. The molecule has 0 spiro atoms. The van der Waals surface area contributed by atoms with Gasteiger partial charge in [-0.1, -0.05) is 51.2 Å². The van der Waals surface area contributed by atoms with Crippen LogP contribution < -0.4 is 21.3 Å². The number of fused-ring (bicyclic) bond motifs is 4. The topological polar surface area (TPSA) is 182 Å². The summed E-state index contributed by atoms with van der Waals surface area (Å²) in [5, 5.41) is 16.6. The number of aliphatic imine (C=N–C) groups is 1. The van der Waals surface area contributed by atoms with Crippen LogP contribution in [0.2, 0.25) is 0 Å². The molecule has 3 aromatic heterocycles. The molecule has 2 bridgehead atoms. The van der Waals surface area contributed by atoms with Gasteiger partial charge in [0.1, 0.15) is 17.8 Å². The van der Waals surface area contributed by atoms with Gasteiger partial charge in [-0.25, -0.2) is 9.97 Å². The van der Waals surface area contributed by atoms with Crippen LogP contribution in [0.1, 0.15) is 120 Å². The minimum Gasteiger partial charge on any atom is -0.404 e. The molecular formula is C52H72N10O5S. The first-order chi connectivity index (χ1) is 32.7. The highest BCUT2D eigenvalue weighted by molar-refractivity contribution is 7.22. The van der Waals surface area contributed by atoms with Crippen molar-refractivity contribution >= 4 is 67.6 Å². The van der Waals surface area contributed by atoms with Crippen molar-refractivity contribution in [1.82, 2.24) is 30.4 Å². The Labute approximate surface area is 406 Å². The normalized spacial score (nSPS) is 24.0. The van der Waals surface area contributed by atoms with Crippen LogP contribution in [0.25, 0.3) is 15.8 Å². The summed E-state index contributed by atoms with van der Waals surface area (Å²) in [4.78, 5) is 44.7. The Balaban J connectivity index is 1.03. The molecule has 1 amide bonds. The lowest BCUT2D eigenvalue weighted by atomic mass is 9.48. The molecule has 4 aromatic rings. The van der Waals surface area contributed by atoms with Crippen LogP contribution in [0.15, 0.2) is 47.6 Å². The van der Waals surface area contributed by atoms with E-state index in [0.29, 0.717) is 67.9 Å². The second kappa shape index (κ2) is 21.4. The SMILES string of the molecule is CC(=NCC1(C)CC2(C)CC(C)(C)CC(OCCN3CCCC3)(C1)C2)/C(=C\N)c1ccc(N2CCCc3c2nnc(Nc2nc4ccccc4s2)c3C)nc1C(=O)NCCOCCOCCC=O. The Morgan fingerprint density at radius 1 is 0.912 bits per heavy atom. The maximum atomic E-state index is 14.3. The van der Waals surface area contributed by atoms with Crippen LogP contribution in [-0.2, 0) is 25.4 Å². The Morgan fingerprint density at radius 3 is 2.49 bits per heavy atom. The second-order valence-electron chi connectivity index (χ2n) is 21.1. The first-order valence-corrected chi connectivity index (χ1v) is 25.5. The van der Waals surface area contributed by atoms with Gasteiger partial charge in [-0.15, -0.1) is 10.2 Å². The molecule has 1 saturated heterocycles. The molecule has 3 atom stereocenters. The highest BCUT2D eigenvalue weighted by atomic mass is 32.1. The van der Waals surface area contributed by atoms with E-state index in [1.807, 2.05) is 42.2 Å². The number of para-hydroxylation sites is 1. The number of pyridine rings is 1. The van der Waals surface area contributed by atoms with Crippen molar-refractivity contribution in [3.8, 4) is 0 Å². The smallest absolute Gasteiger partial charge is 0.270 e. The van der Waals surface area contributed by atoms with E-state index in [0.717, 1.165) is 96.6 Å². The van der Waals surface area contributed by atoms with Crippen LogP contribution >= 0.6 is 11.3 Å². The van der Waals surface area contributed by atoms with Gasteiger partial charge in [-0.3, -0.25) is 9.79 Å². The molecule has 2 aliphatic heterocycles. The van der Waals surface area contributed by atoms with Gasteiger partial charge in [0.2, 0.25) is 0 Å². The van der Waals surface area contributed by atoms with E-state index in [4.69, 9.17) is 40.0 Å². The predicted molar refractivity (Wildman–Crippen MR) is 271 cm³/mol. The quantitative estimate of drug-likeness (QED) is 0.0411. The molecule has 3 fully saturated rings. The minimum absolute atomic E-state index is 0.0927. The van der Waals surface area contributed by atoms with Crippen LogP contribution in [0, 0.1) is 23.2 Å². The average Bonchev–Trinajstić information content (AvgIpc) is 3.98. The fraction of sp³-hybridized carbons (Fsp3) is 0.596. The number of hydrogen-bond donors (Lipinski definition) is 3. The van der Waals surface area contributed by atoms with Crippen LogP contribution in [0.3, 0.4) is 0 Å². The number of allylic oxidation sites excluding steroid dienone is 1. The average molecular weight is 949 g/mol. The van der Waals surface area contributed by atoms with Gasteiger partial charge in [0.25, 0.3) is 5.91 Å². The number of nitrogens with two attached hydrogens (primary N) is 1. The summed E-state index contributed by atoms with van der Waals surface area (Å²) in [5.74, 6) is 1.61. The highest BCUT2D eigenvalue weighted by Gasteiger charge is 2.58. The molecule has 4 aliphatic rings. The van der Waals surface area contributed by atoms with Gasteiger partial charge in [-0.2, -0.15) is 0 Å². The molecule has 366 valence electrons. The Kier molecular flexibility index (Phi) is 15.6. The van der Waals surface area contributed by atoms with E-state index in [9.17, 15) is 9.59 Å². The van der Waals surface area contributed by atoms with Crippen molar-refractivity contribution in [2.24, 2.45) is 27.0 Å². The number of hydrogen-bond acceptors (Lipinski definition) is 15. The Bertz CT molecular complexity index is 2450. The monoisotopic (exact) mass is 949 g/mol. The summed E-state index contributed by atoms with van der Waals surface area (Å²) in [6, 6.07) is 11.9. The number of carbonyl (C=O) groups is 2. The van der Waals surface area contributed by atoms with Crippen molar-refractivity contribution in [3.63, 3.8) is 0 Å². The first kappa shape index (κ1) is 49.5. The molecule has 0 radical (unpaired) electrons. The molecule has 2 aliphatic carbocycles. The molecule has 16 heteroatoms. The van der Waals surface area contributed by atoms with Crippen molar-refractivity contribution in [1.29, 1.82) is 0 Å². The summed E-state index contributed by atoms with van der Waals surface area (Å²) in [6.07, 6.45) is 12.3. The molecule has 5 heterocycles. The summed E-state index contributed by atoms with van der Waals surface area (Å²) < 4.78 is 19.3. The van der Waals surface area contributed by atoms with Gasteiger partial charge in [0.05, 0.1) is 48.9 Å². The zero-order chi connectivity index (χ0) is 47.9. The van der Waals surface area contributed by atoms with Crippen LogP contribution in [0.5, 0.6) is 0 Å². The molecule has 2 saturated carbocycles. The fourth-order valence-electron chi connectivity index (χ4n) is 12.3. The lowest BCUT2D eigenvalue weighted by Crippen LogP contribution is -2.57. The molecule has 15 nitrogen and oxygen atoms in total. The largest absolute Gasteiger partial charge is 0.404 e. The molecular weight excluding hydrogens is 877 g/mol. The van der Waals surface area contributed by atoms with Crippen molar-refractivity contribution in [3.05, 3.63) is 65.0 Å². The molecule has 4 N–H and O–H groups in total. The number of anilines is 4. The second-order valence-corrected chi connectivity index (χ2v) is 22.1. The zero-order valence-corrected chi connectivity index (χ0v) is 41.9. The number of likely N-dealkylation sites (tertiary alicyclic amines) is 1. The lowest BCUT2D eigenvalue weighted by Gasteiger charge is -2.61. The summed E-state index contributed by atoms with van der Waals surface area (Å²) in [7, 11) is 0. The molecule has 3 unspecified atom stereocenters. The first-order valence-electron chi connectivity index (χ1n) is 24.7. The number of nitrogens with one attached hydrogen (secondary N) is 2. The minimum atomic E-state index is -0.356. The number of ether oxygens (including phenoxy) is 3. The van der Waals surface area contributed by atoms with E-state index >= 15 is 0 Å². The summed E-state index contributed by atoms with van der Waals surface area (Å²) in [6.45, 7) is 20.7. The van der Waals surface area contributed by atoms with Gasteiger partial charge in [0.15, 0.2) is 16.8 Å². The van der Waals surface area contributed by atoms with E-state index in [2.05, 4.69) is 61.3 Å². The van der Waals surface area contributed by atoms with E-state index < -0.39 is 0 Å². The van der Waals surface area contributed by atoms with Crippen LogP contribution in [-0.4, -0.2) is 121 Å². The predicted octanol–water partition coefficient (Wildman–Crippen LogP) is 8.60. The summed E-state index contributed by atoms with van der Waals surface area (Å²) >= 11 is 1.58. The number of rotatable bonds is 21. The fourth-order valence-corrected chi connectivity index (χ4v) is 13.2. The highest BCUT2D eigenvalue weighted by Crippen LogP contribution is 2.63. The molecule has 68 heavy (non-hydrogen) atoms. The van der Waals surface area contributed by atoms with Gasteiger partial charge >= 0.3 is 0 Å². The van der Waals surface area contributed by atoms with E-state index in [1.54, 1.807) is 17.5 Å². The van der Waals surface area contributed by atoms with Crippen molar-refractivity contribution < 1.29 is 23.8 Å². The number of thiazole rings is 1. The summed E-state index contributed by atoms with van der Waals surface area (Å²) in [5.41, 5.74) is 11.8. The number of aromatic nitrogens is 4. The Morgan fingerprint density at radius 2 is 1.71 bits per heavy atom. The Hall–Kier alpha value is -4.87. The number of benzene rings is 1. The van der Waals surface area contributed by atoms with Crippen molar-refractivity contribution in [2.45, 2.75) is 111 Å². The lowest BCUT2D eigenvalue weighted by molar-refractivity contribution is -0.190. The van der Waals surface area contributed by atoms with E-state index in [-0.39, 0.29) is 46.6 Å². The number of carbonyl (C=O) groups excluding carboxylic acids is 2.